The van der Waals surface area contributed by atoms with Crippen LogP contribution in [0.4, 0.5) is 0 Å². The maximum absolute atomic E-state index is 9.06. The van der Waals surface area contributed by atoms with E-state index in [2.05, 4.69) is 22.4 Å². The monoisotopic (exact) mass is 279 g/mol. The van der Waals surface area contributed by atoms with Crippen molar-refractivity contribution in [3.63, 3.8) is 0 Å². The molecule has 0 bridgehead atoms. The first kappa shape index (κ1) is 13.6. The molecule has 21 heavy (non-hydrogen) atoms. The lowest BCUT2D eigenvalue weighted by atomic mass is 10.1. The van der Waals surface area contributed by atoms with Crippen LogP contribution in [-0.2, 0) is 13.0 Å². The molecule has 1 unspecified atom stereocenters. The Balaban J connectivity index is 1.81. The minimum atomic E-state index is 0.372. The third-order valence-corrected chi connectivity index (χ3v) is 3.96. The summed E-state index contributed by atoms with van der Waals surface area (Å²) in [7, 11) is 1.99. The van der Waals surface area contributed by atoms with Crippen LogP contribution in [0, 0.1) is 11.3 Å². The Morgan fingerprint density at radius 1 is 1.38 bits per heavy atom. The molecular weight excluding hydrogens is 262 g/mol. The second-order valence-electron chi connectivity index (χ2n) is 5.12. The van der Waals surface area contributed by atoms with Gasteiger partial charge in [-0.25, -0.2) is 4.98 Å². The van der Waals surface area contributed by atoms with Crippen LogP contribution in [-0.4, -0.2) is 12.0 Å². The lowest BCUT2D eigenvalue weighted by Crippen LogP contribution is -2.12. The van der Waals surface area contributed by atoms with Crippen molar-refractivity contribution in [2.75, 3.05) is 7.05 Å². The van der Waals surface area contributed by atoms with E-state index in [1.807, 2.05) is 31.3 Å². The Morgan fingerprint density at radius 3 is 3.10 bits per heavy atom. The smallest absolute Gasteiger partial charge is 0.147 e. The number of aromatic nitrogens is 1. The van der Waals surface area contributed by atoms with E-state index >= 15 is 0 Å². The molecule has 1 aliphatic carbocycles. The first-order valence-corrected chi connectivity index (χ1v) is 7.09. The SMILES string of the molecule is CNC1CCc2c(OCc3cccnc3C#N)cccc21. The van der Waals surface area contributed by atoms with Crippen LogP contribution in [0.5, 0.6) is 5.75 Å². The third-order valence-electron chi connectivity index (χ3n) is 3.96. The van der Waals surface area contributed by atoms with Crippen LogP contribution >= 0.6 is 0 Å². The highest BCUT2D eigenvalue weighted by molar-refractivity contribution is 5.45. The van der Waals surface area contributed by atoms with Crippen LogP contribution < -0.4 is 10.1 Å². The Kier molecular flexibility index (Phi) is 3.85. The Labute approximate surface area is 124 Å². The van der Waals surface area contributed by atoms with Gasteiger partial charge >= 0.3 is 0 Å². The van der Waals surface area contributed by atoms with E-state index in [-0.39, 0.29) is 0 Å². The molecule has 3 rings (SSSR count). The third kappa shape index (κ3) is 2.61. The number of ether oxygens (including phenoxy) is 1. The molecule has 0 fully saturated rings. The van der Waals surface area contributed by atoms with Gasteiger partial charge < -0.3 is 10.1 Å². The number of nitrogens with one attached hydrogen (secondary N) is 1. The van der Waals surface area contributed by atoms with Crippen molar-refractivity contribution in [2.45, 2.75) is 25.5 Å². The normalized spacial score (nSPS) is 16.3. The molecule has 1 aromatic heterocycles. The van der Waals surface area contributed by atoms with Crippen LogP contribution in [0.1, 0.15) is 34.8 Å². The zero-order valence-corrected chi connectivity index (χ0v) is 12.0. The van der Waals surface area contributed by atoms with Gasteiger partial charge in [0, 0.05) is 17.8 Å². The number of benzene rings is 1. The van der Waals surface area contributed by atoms with Crippen LogP contribution in [0.25, 0.3) is 0 Å². The maximum Gasteiger partial charge on any atom is 0.147 e. The largest absolute Gasteiger partial charge is 0.489 e. The van der Waals surface area contributed by atoms with Gasteiger partial charge in [-0.15, -0.1) is 0 Å². The summed E-state index contributed by atoms with van der Waals surface area (Å²) < 4.78 is 5.95. The van der Waals surface area contributed by atoms with Crippen molar-refractivity contribution >= 4 is 0 Å². The zero-order valence-electron chi connectivity index (χ0n) is 12.0. The van der Waals surface area contributed by atoms with Gasteiger partial charge in [0.05, 0.1) is 0 Å². The predicted molar refractivity (Wildman–Crippen MR) is 79.8 cm³/mol. The molecule has 1 atom stereocenters. The summed E-state index contributed by atoms with van der Waals surface area (Å²) in [5.41, 5.74) is 3.85. The first-order chi connectivity index (χ1) is 10.3. The summed E-state index contributed by atoms with van der Waals surface area (Å²) in [6.45, 7) is 0.372. The van der Waals surface area contributed by atoms with E-state index < -0.39 is 0 Å². The standard InChI is InChI=1S/C17H17N3O/c1-19-15-8-7-14-13(15)5-2-6-17(14)21-11-12-4-3-9-20-16(12)10-18/h2-6,9,15,19H,7-8,11H2,1H3. The van der Waals surface area contributed by atoms with Crippen molar-refractivity contribution in [1.29, 1.82) is 5.26 Å². The van der Waals surface area contributed by atoms with Gasteiger partial charge in [-0.2, -0.15) is 5.26 Å². The number of nitrogens with zero attached hydrogens (tertiary/aromatic N) is 2. The van der Waals surface area contributed by atoms with Gasteiger partial charge in [-0.05, 0) is 43.1 Å². The minimum Gasteiger partial charge on any atom is -0.489 e. The number of hydrogen-bond acceptors (Lipinski definition) is 4. The average Bonchev–Trinajstić information content (AvgIpc) is 2.96. The van der Waals surface area contributed by atoms with Gasteiger partial charge in [0.2, 0.25) is 0 Å². The Hall–Kier alpha value is -2.38. The molecule has 1 heterocycles. The lowest BCUT2D eigenvalue weighted by Gasteiger charge is -2.13. The molecule has 0 radical (unpaired) electrons. The van der Waals surface area contributed by atoms with Gasteiger partial charge in [0.1, 0.15) is 24.1 Å². The molecule has 4 nitrogen and oxygen atoms in total. The van der Waals surface area contributed by atoms with Crippen molar-refractivity contribution in [1.82, 2.24) is 10.3 Å². The molecule has 1 N–H and O–H groups in total. The lowest BCUT2D eigenvalue weighted by molar-refractivity contribution is 0.302. The van der Waals surface area contributed by atoms with E-state index in [9.17, 15) is 0 Å². The Bertz CT molecular complexity index is 691. The summed E-state index contributed by atoms with van der Waals surface area (Å²) in [5, 5.41) is 12.4. The summed E-state index contributed by atoms with van der Waals surface area (Å²) in [4.78, 5) is 4.06. The molecule has 0 saturated carbocycles. The van der Waals surface area contributed by atoms with E-state index in [1.165, 1.54) is 11.1 Å². The topological polar surface area (TPSA) is 57.9 Å². The molecule has 2 aromatic rings. The fourth-order valence-electron chi connectivity index (χ4n) is 2.87. The van der Waals surface area contributed by atoms with Crippen LogP contribution in [0.15, 0.2) is 36.5 Å². The highest BCUT2D eigenvalue weighted by Gasteiger charge is 2.23. The van der Waals surface area contributed by atoms with Gasteiger partial charge in [-0.3, -0.25) is 0 Å². The minimum absolute atomic E-state index is 0.372. The molecule has 0 saturated heterocycles. The molecular formula is C17H17N3O. The molecule has 0 amide bonds. The van der Waals surface area contributed by atoms with Gasteiger partial charge in [0.25, 0.3) is 0 Å². The first-order valence-electron chi connectivity index (χ1n) is 7.09. The summed E-state index contributed by atoms with van der Waals surface area (Å²) in [5.74, 6) is 0.915. The number of hydrogen-bond donors (Lipinski definition) is 1. The molecule has 106 valence electrons. The number of pyridine rings is 1. The highest BCUT2D eigenvalue weighted by atomic mass is 16.5. The summed E-state index contributed by atoms with van der Waals surface area (Å²) in [6.07, 6.45) is 3.75. The molecule has 1 aromatic carbocycles. The second kappa shape index (κ2) is 5.94. The molecule has 0 spiro atoms. The fourth-order valence-corrected chi connectivity index (χ4v) is 2.87. The zero-order chi connectivity index (χ0) is 14.7. The maximum atomic E-state index is 9.06. The number of nitriles is 1. The van der Waals surface area contributed by atoms with Crippen molar-refractivity contribution < 1.29 is 4.74 Å². The highest BCUT2D eigenvalue weighted by Crippen LogP contribution is 2.36. The van der Waals surface area contributed by atoms with Crippen molar-refractivity contribution in [3.05, 3.63) is 58.9 Å². The van der Waals surface area contributed by atoms with Crippen LogP contribution in [0.2, 0.25) is 0 Å². The predicted octanol–water partition coefficient (Wildman–Crippen LogP) is 2.74. The quantitative estimate of drug-likeness (QED) is 0.935. The van der Waals surface area contributed by atoms with Gasteiger partial charge in [0.15, 0.2) is 0 Å². The number of rotatable bonds is 4. The molecule has 0 aliphatic heterocycles. The fraction of sp³-hybridized carbons (Fsp3) is 0.294. The van der Waals surface area contributed by atoms with Crippen molar-refractivity contribution in [3.8, 4) is 11.8 Å². The van der Waals surface area contributed by atoms with Crippen molar-refractivity contribution in [2.24, 2.45) is 0 Å². The Morgan fingerprint density at radius 2 is 2.29 bits per heavy atom. The van der Waals surface area contributed by atoms with E-state index in [0.29, 0.717) is 18.3 Å². The van der Waals surface area contributed by atoms with E-state index in [0.717, 1.165) is 24.2 Å². The van der Waals surface area contributed by atoms with Crippen LogP contribution in [0.3, 0.4) is 0 Å². The summed E-state index contributed by atoms with van der Waals surface area (Å²) >= 11 is 0. The molecule has 1 aliphatic rings. The molecule has 4 heteroatoms. The second-order valence-corrected chi connectivity index (χ2v) is 5.12. The van der Waals surface area contributed by atoms with Gasteiger partial charge in [-0.1, -0.05) is 18.2 Å². The van der Waals surface area contributed by atoms with E-state index in [1.54, 1.807) is 6.20 Å². The summed E-state index contributed by atoms with van der Waals surface area (Å²) in [6, 6.07) is 12.4. The average molecular weight is 279 g/mol. The van der Waals surface area contributed by atoms with E-state index in [4.69, 9.17) is 10.00 Å². The number of fused-ring (bicyclic) bond motifs is 1.